The Hall–Kier alpha value is -3.26. The van der Waals surface area contributed by atoms with E-state index in [1.54, 1.807) is 7.05 Å². The molecule has 3 rings (SSSR count). The Balaban J connectivity index is 1.75. The number of hydrogen-bond donors (Lipinski definition) is 0. The minimum atomic E-state index is -0.634. The zero-order chi connectivity index (χ0) is 19.6. The van der Waals surface area contributed by atoms with Crippen LogP contribution in [0.4, 0.5) is 5.69 Å². The van der Waals surface area contributed by atoms with Crippen LogP contribution in [0.1, 0.15) is 21.8 Å². The lowest BCUT2D eigenvalue weighted by atomic mass is 10.1. The highest BCUT2D eigenvalue weighted by Crippen LogP contribution is 2.26. The van der Waals surface area contributed by atoms with E-state index in [9.17, 15) is 14.9 Å². The Labute approximate surface area is 159 Å². The number of nitro benzene ring substituents is 1. The first-order valence-electron chi connectivity index (χ1n) is 7.94. The van der Waals surface area contributed by atoms with Crippen LogP contribution in [0.25, 0.3) is 11.4 Å². The van der Waals surface area contributed by atoms with E-state index >= 15 is 0 Å². The number of aromatic nitrogens is 2. The van der Waals surface area contributed by atoms with E-state index in [1.807, 2.05) is 31.2 Å². The van der Waals surface area contributed by atoms with Gasteiger partial charge in [-0.1, -0.05) is 46.6 Å². The SMILES string of the molecule is Cc1ccc(-c2noc(CN(C)C(=O)c3ccc(Cl)c([N+](=O)[O-])c3)n2)cc1. The molecule has 8 nitrogen and oxygen atoms in total. The van der Waals surface area contributed by atoms with Crippen molar-refractivity contribution in [3.8, 4) is 11.4 Å². The van der Waals surface area contributed by atoms with E-state index in [0.29, 0.717) is 5.82 Å². The first-order chi connectivity index (χ1) is 12.8. The normalized spacial score (nSPS) is 10.6. The number of nitrogens with zero attached hydrogens (tertiary/aromatic N) is 4. The molecule has 138 valence electrons. The number of hydrogen-bond acceptors (Lipinski definition) is 6. The Morgan fingerprint density at radius 1 is 1.26 bits per heavy atom. The molecular weight excluding hydrogens is 372 g/mol. The van der Waals surface area contributed by atoms with Gasteiger partial charge >= 0.3 is 0 Å². The second-order valence-electron chi connectivity index (χ2n) is 5.96. The van der Waals surface area contributed by atoms with E-state index in [0.717, 1.165) is 17.2 Å². The molecule has 3 aromatic rings. The summed E-state index contributed by atoms with van der Waals surface area (Å²) in [4.78, 5) is 28.5. The Bertz CT molecular complexity index is 1000. The topological polar surface area (TPSA) is 102 Å². The third-order valence-corrected chi connectivity index (χ3v) is 4.21. The number of nitro groups is 1. The summed E-state index contributed by atoms with van der Waals surface area (Å²) in [7, 11) is 1.54. The van der Waals surface area contributed by atoms with Crippen LogP contribution in [-0.4, -0.2) is 32.9 Å². The second-order valence-corrected chi connectivity index (χ2v) is 6.37. The first kappa shape index (κ1) is 18.5. The van der Waals surface area contributed by atoms with Gasteiger partial charge in [-0.15, -0.1) is 0 Å². The van der Waals surface area contributed by atoms with E-state index in [-0.39, 0.29) is 28.7 Å². The first-order valence-corrected chi connectivity index (χ1v) is 8.32. The molecule has 0 saturated carbocycles. The number of carbonyl (C=O) groups excluding carboxylic acids is 1. The zero-order valence-electron chi connectivity index (χ0n) is 14.5. The van der Waals surface area contributed by atoms with Gasteiger partial charge in [0.25, 0.3) is 11.6 Å². The fourth-order valence-corrected chi connectivity index (χ4v) is 2.61. The van der Waals surface area contributed by atoms with Gasteiger partial charge in [0.1, 0.15) is 5.02 Å². The summed E-state index contributed by atoms with van der Waals surface area (Å²) >= 11 is 5.78. The van der Waals surface area contributed by atoms with Gasteiger partial charge in [-0.05, 0) is 19.1 Å². The van der Waals surface area contributed by atoms with Crippen molar-refractivity contribution in [2.24, 2.45) is 0 Å². The van der Waals surface area contributed by atoms with Gasteiger partial charge in [0.05, 0.1) is 11.5 Å². The summed E-state index contributed by atoms with van der Waals surface area (Å²) in [5.74, 6) is 0.253. The molecule has 0 aliphatic heterocycles. The molecule has 0 radical (unpaired) electrons. The number of rotatable bonds is 5. The maximum atomic E-state index is 12.5. The molecule has 0 aliphatic carbocycles. The highest BCUT2D eigenvalue weighted by Gasteiger charge is 2.20. The molecule has 0 saturated heterocycles. The van der Waals surface area contributed by atoms with E-state index in [4.69, 9.17) is 16.1 Å². The summed E-state index contributed by atoms with van der Waals surface area (Å²) in [6.45, 7) is 2.04. The van der Waals surface area contributed by atoms with Gasteiger partial charge in [-0.3, -0.25) is 14.9 Å². The maximum absolute atomic E-state index is 12.5. The molecule has 0 aliphatic rings. The van der Waals surface area contributed by atoms with Crippen LogP contribution >= 0.6 is 11.6 Å². The monoisotopic (exact) mass is 386 g/mol. The largest absolute Gasteiger partial charge is 0.337 e. The molecule has 0 spiro atoms. The minimum Gasteiger partial charge on any atom is -0.337 e. The molecule has 0 fully saturated rings. The van der Waals surface area contributed by atoms with Crippen molar-refractivity contribution in [2.45, 2.75) is 13.5 Å². The third-order valence-electron chi connectivity index (χ3n) is 3.89. The van der Waals surface area contributed by atoms with Crippen LogP contribution in [0, 0.1) is 17.0 Å². The standard InChI is InChI=1S/C18H15ClN4O4/c1-11-3-5-12(6-4-11)17-20-16(27-21-17)10-22(2)18(24)13-7-8-14(19)15(9-13)23(25)26/h3-9H,10H2,1-2H3. The highest BCUT2D eigenvalue weighted by molar-refractivity contribution is 6.32. The molecule has 1 heterocycles. The van der Waals surface area contributed by atoms with Crippen molar-refractivity contribution in [1.29, 1.82) is 0 Å². The van der Waals surface area contributed by atoms with Crippen LogP contribution in [0.15, 0.2) is 47.0 Å². The van der Waals surface area contributed by atoms with Gasteiger partial charge in [-0.25, -0.2) is 0 Å². The molecular formula is C18H15ClN4O4. The van der Waals surface area contributed by atoms with Crippen molar-refractivity contribution in [1.82, 2.24) is 15.0 Å². The summed E-state index contributed by atoms with van der Waals surface area (Å²) < 4.78 is 5.20. The van der Waals surface area contributed by atoms with Crippen molar-refractivity contribution >= 4 is 23.2 Å². The third kappa shape index (κ3) is 4.12. The van der Waals surface area contributed by atoms with E-state index in [1.165, 1.54) is 17.0 Å². The van der Waals surface area contributed by atoms with Gasteiger partial charge in [0.15, 0.2) is 0 Å². The van der Waals surface area contributed by atoms with Gasteiger partial charge in [0, 0.05) is 24.2 Å². The van der Waals surface area contributed by atoms with Crippen LogP contribution in [-0.2, 0) is 6.54 Å². The highest BCUT2D eigenvalue weighted by atomic mass is 35.5. The predicted octanol–water partition coefficient (Wildman–Crippen LogP) is 3.88. The summed E-state index contributed by atoms with van der Waals surface area (Å²) in [5.41, 5.74) is 1.74. The average Bonchev–Trinajstić information content (AvgIpc) is 3.10. The smallest absolute Gasteiger partial charge is 0.288 e. The van der Waals surface area contributed by atoms with Crippen molar-refractivity contribution in [3.63, 3.8) is 0 Å². The summed E-state index contributed by atoms with van der Waals surface area (Å²) in [5, 5.41) is 14.9. The Morgan fingerprint density at radius 3 is 2.63 bits per heavy atom. The molecule has 27 heavy (non-hydrogen) atoms. The van der Waals surface area contributed by atoms with Gasteiger partial charge < -0.3 is 9.42 Å². The van der Waals surface area contributed by atoms with Crippen molar-refractivity contribution in [3.05, 3.63) is 74.6 Å². The Morgan fingerprint density at radius 2 is 1.96 bits per heavy atom. The number of halogens is 1. The van der Waals surface area contributed by atoms with Crippen LogP contribution in [0.3, 0.4) is 0 Å². The molecule has 0 N–H and O–H groups in total. The van der Waals surface area contributed by atoms with E-state index < -0.39 is 10.8 Å². The maximum Gasteiger partial charge on any atom is 0.288 e. The number of amides is 1. The lowest BCUT2D eigenvalue weighted by molar-refractivity contribution is -0.384. The molecule has 9 heteroatoms. The lowest BCUT2D eigenvalue weighted by Gasteiger charge is -2.14. The number of carbonyl (C=O) groups is 1. The molecule has 1 aromatic heterocycles. The zero-order valence-corrected chi connectivity index (χ0v) is 15.3. The molecule has 0 atom stereocenters. The Kier molecular flexibility index (Phi) is 5.18. The average molecular weight is 387 g/mol. The quantitative estimate of drug-likeness (QED) is 0.487. The lowest BCUT2D eigenvalue weighted by Crippen LogP contribution is -2.26. The van der Waals surface area contributed by atoms with Gasteiger partial charge in [0.2, 0.25) is 11.7 Å². The molecule has 2 aromatic carbocycles. The fraction of sp³-hybridized carbons (Fsp3) is 0.167. The van der Waals surface area contributed by atoms with Crippen LogP contribution in [0.5, 0.6) is 0 Å². The molecule has 0 unspecified atom stereocenters. The molecule has 0 bridgehead atoms. The summed E-state index contributed by atoms with van der Waals surface area (Å²) in [6.07, 6.45) is 0. The van der Waals surface area contributed by atoms with E-state index in [2.05, 4.69) is 10.1 Å². The van der Waals surface area contributed by atoms with Crippen LogP contribution < -0.4 is 0 Å². The second kappa shape index (κ2) is 7.55. The predicted molar refractivity (Wildman–Crippen MR) is 98.4 cm³/mol. The molecule has 1 amide bonds. The minimum absolute atomic E-state index is 0.0288. The number of benzene rings is 2. The van der Waals surface area contributed by atoms with Crippen molar-refractivity contribution < 1.29 is 14.2 Å². The fourth-order valence-electron chi connectivity index (χ4n) is 2.42. The van der Waals surface area contributed by atoms with Gasteiger partial charge in [-0.2, -0.15) is 4.98 Å². The van der Waals surface area contributed by atoms with Crippen LogP contribution in [0.2, 0.25) is 5.02 Å². The summed E-state index contributed by atoms with van der Waals surface area (Å²) in [6, 6.07) is 11.5. The number of aryl methyl sites for hydroxylation is 1. The van der Waals surface area contributed by atoms with Crippen molar-refractivity contribution in [2.75, 3.05) is 7.05 Å².